The van der Waals surface area contributed by atoms with Crippen molar-refractivity contribution in [3.63, 3.8) is 0 Å². The van der Waals surface area contributed by atoms with E-state index in [1.165, 1.54) is 12.1 Å². The molecule has 0 saturated carbocycles. The van der Waals surface area contributed by atoms with Gasteiger partial charge in [0.15, 0.2) is 5.82 Å². The Bertz CT molecular complexity index is 1300. The SMILES string of the molecule is CCCc1nc2c(N)nc3ccccc3c2n1CC(N)=CC(=NC)c1ccc(F)cc1. The first kappa shape index (κ1) is 20.5. The standard InChI is InChI=1S/C24H25FN6/c1-3-6-21-30-22-23(18-7-4-5-8-19(18)29-24(22)27)31(21)14-17(26)13-20(28-2)15-9-11-16(25)12-10-15/h4-5,7-13H,3,6,14,26H2,1-2H3,(H2,27,29). The molecule has 6 nitrogen and oxygen atoms in total. The fourth-order valence-corrected chi connectivity index (χ4v) is 3.79. The zero-order valence-corrected chi connectivity index (χ0v) is 17.6. The van der Waals surface area contributed by atoms with Gasteiger partial charge in [-0.1, -0.05) is 25.1 Å². The average molecular weight is 417 g/mol. The first-order valence-corrected chi connectivity index (χ1v) is 10.2. The van der Waals surface area contributed by atoms with E-state index in [4.69, 9.17) is 16.5 Å². The number of aromatic nitrogens is 3. The number of nitrogens with zero attached hydrogens (tertiary/aromatic N) is 4. The molecule has 0 amide bonds. The van der Waals surface area contributed by atoms with E-state index in [1.807, 2.05) is 30.3 Å². The Balaban J connectivity index is 1.82. The molecule has 2 heterocycles. The van der Waals surface area contributed by atoms with Gasteiger partial charge in [0.2, 0.25) is 0 Å². The Morgan fingerprint density at radius 2 is 1.87 bits per heavy atom. The number of fused-ring (bicyclic) bond motifs is 3. The number of aryl methyl sites for hydroxylation is 1. The van der Waals surface area contributed by atoms with Gasteiger partial charge in [0.1, 0.15) is 17.2 Å². The van der Waals surface area contributed by atoms with Gasteiger partial charge in [-0.3, -0.25) is 4.99 Å². The minimum Gasteiger partial charge on any atom is -0.401 e. The van der Waals surface area contributed by atoms with Crippen LogP contribution in [0.4, 0.5) is 10.2 Å². The van der Waals surface area contributed by atoms with Crippen LogP contribution in [0.5, 0.6) is 0 Å². The second-order valence-corrected chi connectivity index (χ2v) is 7.41. The number of para-hydroxylation sites is 1. The largest absolute Gasteiger partial charge is 0.401 e. The number of rotatable bonds is 6. The number of halogens is 1. The van der Waals surface area contributed by atoms with Crippen molar-refractivity contribution < 1.29 is 4.39 Å². The number of nitrogen functional groups attached to an aromatic ring is 1. The monoisotopic (exact) mass is 416 g/mol. The molecular formula is C24H25FN6. The summed E-state index contributed by atoms with van der Waals surface area (Å²) in [5.41, 5.74) is 17.2. The summed E-state index contributed by atoms with van der Waals surface area (Å²) in [7, 11) is 1.69. The summed E-state index contributed by atoms with van der Waals surface area (Å²) in [6, 6.07) is 14.1. The molecule has 0 bridgehead atoms. The number of nitrogens with two attached hydrogens (primary N) is 2. The van der Waals surface area contributed by atoms with Crippen molar-refractivity contribution in [3.8, 4) is 0 Å². The molecule has 0 aliphatic heterocycles. The number of hydrogen-bond acceptors (Lipinski definition) is 5. The van der Waals surface area contributed by atoms with Crippen LogP contribution in [0.15, 0.2) is 65.3 Å². The van der Waals surface area contributed by atoms with E-state index < -0.39 is 0 Å². The summed E-state index contributed by atoms with van der Waals surface area (Å²) in [6.07, 6.45) is 3.55. The normalized spacial score (nSPS) is 12.7. The molecule has 0 saturated heterocycles. The third-order valence-corrected chi connectivity index (χ3v) is 5.21. The van der Waals surface area contributed by atoms with Crippen molar-refractivity contribution in [1.29, 1.82) is 0 Å². The minimum atomic E-state index is -0.289. The predicted molar refractivity (Wildman–Crippen MR) is 125 cm³/mol. The molecule has 0 spiro atoms. The van der Waals surface area contributed by atoms with Crippen molar-refractivity contribution in [2.75, 3.05) is 12.8 Å². The number of benzene rings is 2. The third kappa shape index (κ3) is 3.99. The number of anilines is 1. The molecule has 7 heteroatoms. The van der Waals surface area contributed by atoms with Gasteiger partial charge >= 0.3 is 0 Å². The van der Waals surface area contributed by atoms with E-state index in [0.717, 1.165) is 40.6 Å². The van der Waals surface area contributed by atoms with Crippen LogP contribution in [-0.4, -0.2) is 27.3 Å². The lowest BCUT2D eigenvalue weighted by atomic mass is 10.1. The topological polar surface area (TPSA) is 95.1 Å². The van der Waals surface area contributed by atoms with Crippen molar-refractivity contribution in [2.45, 2.75) is 26.3 Å². The maximum Gasteiger partial charge on any atom is 0.152 e. The van der Waals surface area contributed by atoms with Crippen molar-refractivity contribution >= 4 is 33.5 Å². The lowest BCUT2D eigenvalue weighted by Crippen LogP contribution is -2.13. The molecule has 0 unspecified atom stereocenters. The van der Waals surface area contributed by atoms with Gasteiger partial charge in [-0.2, -0.15) is 0 Å². The second-order valence-electron chi connectivity index (χ2n) is 7.41. The third-order valence-electron chi connectivity index (χ3n) is 5.21. The molecule has 4 aromatic rings. The quantitative estimate of drug-likeness (QED) is 0.460. The van der Waals surface area contributed by atoms with E-state index in [-0.39, 0.29) is 5.82 Å². The maximum atomic E-state index is 13.3. The Kier molecular flexibility index (Phi) is 5.66. The smallest absolute Gasteiger partial charge is 0.152 e. The molecule has 0 aliphatic rings. The highest BCUT2D eigenvalue weighted by Gasteiger charge is 2.17. The summed E-state index contributed by atoms with van der Waals surface area (Å²) in [4.78, 5) is 13.6. The lowest BCUT2D eigenvalue weighted by Gasteiger charge is -2.12. The van der Waals surface area contributed by atoms with Gasteiger partial charge in [-0.15, -0.1) is 0 Å². The van der Waals surface area contributed by atoms with E-state index in [0.29, 0.717) is 29.3 Å². The molecule has 2 aromatic heterocycles. The summed E-state index contributed by atoms with van der Waals surface area (Å²) < 4.78 is 15.4. The van der Waals surface area contributed by atoms with Gasteiger partial charge < -0.3 is 16.0 Å². The molecule has 4 rings (SSSR count). The molecule has 31 heavy (non-hydrogen) atoms. The van der Waals surface area contributed by atoms with E-state index in [2.05, 4.69) is 21.5 Å². The summed E-state index contributed by atoms with van der Waals surface area (Å²) in [6.45, 7) is 2.54. The van der Waals surface area contributed by atoms with Crippen LogP contribution in [0.3, 0.4) is 0 Å². The lowest BCUT2D eigenvalue weighted by molar-refractivity contribution is 0.628. The van der Waals surface area contributed by atoms with Gasteiger partial charge in [0.25, 0.3) is 0 Å². The summed E-state index contributed by atoms with van der Waals surface area (Å²) in [5.74, 6) is 1.04. The fourth-order valence-electron chi connectivity index (χ4n) is 3.79. The molecule has 2 aromatic carbocycles. The number of aliphatic imine (C=N–C) groups is 1. The molecule has 0 radical (unpaired) electrons. The Morgan fingerprint density at radius 3 is 2.58 bits per heavy atom. The number of allylic oxidation sites excluding steroid dienone is 2. The van der Waals surface area contributed by atoms with Gasteiger partial charge in [-0.05, 0) is 48.4 Å². The molecule has 0 aliphatic carbocycles. The Hall–Kier alpha value is -3.74. The number of pyridine rings is 1. The van der Waals surface area contributed by atoms with Crippen molar-refractivity contribution in [2.24, 2.45) is 10.7 Å². The van der Waals surface area contributed by atoms with Crippen LogP contribution in [0, 0.1) is 5.82 Å². The minimum absolute atomic E-state index is 0.289. The molecule has 4 N–H and O–H groups in total. The van der Waals surface area contributed by atoms with Gasteiger partial charge in [-0.25, -0.2) is 14.4 Å². The summed E-state index contributed by atoms with van der Waals surface area (Å²) in [5, 5.41) is 0.984. The van der Waals surface area contributed by atoms with Gasteiger partial charge in [0.05, 0.1) is 23.3 Å². The van der Waals surface area contributed by atoms with Crippen molar-refractivity contribution in [1.82, 2.24) is 14.5 Å². The van der Waals surface area contributed by atoms with E-state index >= 15 is 0 Å². The number of hydrogen-bond donors (Lipinski definition) is 2. The summed E-state index contributed by atoms with van der Waals surface area (Å²) >= 11 is 0. The predicted octanol–water partition coefficient (Wildman–Crippen LogP) is 4.22. The second kappa shape index (κ2) is 8.55. The highest BCUT2D eigenvalue weighted by molar-refractivity contribution is 6.09. The van der Waals surface area contributed by atoms with Crippen LogP contribution in [0.25, 0.3) is 21.9 Å². The van der Waals surface area contributed by atoms with Crippen LogP contribution >= 0.6 is 0 Å². The van der Waals surface area contributed by atoms with Gasteiger partial charge in [0, 0.05) is 24.6 Å². The first-order chi connectivity index (χ1) is 15.0. The average Bonchev–Trinajstić information content (AvgIpc) is 3.12. The highest BCUT2D eigenvalue weighted by atomic mass is 19.1. The maximum absolute atomic E-state index is 13.3. The number of imidazole rings is 1. The zero-order valence-electron chi connectivity index (χ0n) is 17.6. The fraction of sp³-hybridized carbons (Fsp3) is 0.208. The molecule has 158 valence electrons. The molecular weight excluding hydrogens is 391 g/mol. The van der Waals surface area contributed by atoms with Crippen molar-refractivity contribution in [3.05, 3.63) is 77.5 Å². The Labute approximate surface area is 180 Å². The van der Waals surface area contributed by atoms with Crippen LogP contribution < -0.4 is 11.5 Å². The Morgan fingerprint density at radius 1 is 1.13 bits per heavy atom. The molecule has 0 atom stereocenters. The highest BCUT2D eigenvalue weighted by Crippen LogP contribution is 2.29. The van der Waals surface area contributed by atoms with Crippen LogP contribution in [-0.2, 0) is 13.0 Å². The zero-order chi connectivity index (χ0) is 22.0. The van der Waals surface area contributed by atoms with E-state index in [9.17, 15) is 4.39 Å². The van der Waals surface area contributed by atoms with Crippen LogP contribution in [0.1, 0.15) is 24.7 Å². The first-order valence-electron chi connectivity index (χ1n) is 10.2. The van der Waals surface area contributed by atoms with E-state index in [1.54, 1.807) is 19.2 Å². The van der Waals surface area contributed by atoms with Crippen LogP contribution in [0.2, 0.25) is 0 Å². The molecule has 0 fully saturated rings.